The third-order valence-corrected chi connectivity index (χ3v) is 4.36. The second kappa shape index (κ2) is 7.62. The molecule has 0 bridgehead atoms. The van der Waals surface area contributed by atoms with Crippen LogP contribution in [0.15, 0.2) is 47.6 Å². The molecule has 0 radical (unpaired) electrons. The molecule has 2 aromatic rings. The van der Waals surface area contributed by atoms with E-state index in [1.807, 2.05) is 12.1 Å². The molecule has 126 valence electrons. The number of nitrogens with zero attached hydrogens (tertiary/aromatic N) is 2. The number of carboxylic acid groups (broad SMARTS) is 1. The summed E-state index contributed by atoms with van der Waals surface area (Å²) >= 11 is 18.1. The number of anilines is 1. The highest BCUT2D eigenvalue weighted by Crippen LogP contribution is 2.39. The minimum Gasteiger partial charge on any atom is -0.477 e. The number of benzene rings is 2. The first-order chi connectivity index (χ1) is 11.0. The quantitative estimate of drug-likeness (QED) is 0.737. The lowest BCUT2D eigenvalue weighted by molar-refractivity contribution is -0.129. The fraction of sp³-hybridized carbons (Fsp3) is 0.125. The van der Waals surface area contributed by atoms with Gasteiger partial charge in [0.1, 0.15) is 5.71 Å². The van der Waals surface area contributed by atoms with E-state index in [1.54, 1.807) is 35.3 Å². The molecule has 0 spiro atoms. The number of hydrazone groups is 1. The van der Waals surface area contributed by atoms with E-state index < -0.39 is 5.97 Å². The van der Waals surface area contributed by atoms with Gasteiger partial charge in [-0.2, -0.15) is 5.10 Å². The van der Waals surface area contributed by atoms with Crippen LogP contribution in [0.5, 0.6) is 0 Å². The third kappa shape index (κ3) is 3.78. The minimum atomic E-state index is -1.04. The van der Waals surface area contributed by atoms with Crippen molar-refractivity contribution in [1.29, 1.82) is 0 Å². The first kappa shape index (κ1) is 18.9. The van der Waals surface area contributed by atoms with Gasteiger partial charge in [0.15, 0.2) is 0 Å². The highest BCUT2D eigenvalue weighted by Gasteiger charge is 2.33. The van der Waals surface area contributed by atoms with Crippen molar-refractivity contribution >= 4 is 64.6 Å². The first-order valence-corrected chi connectivity index (χ1v) is 7.89. The van der Waals surface area contributed by atoms with Crippen molar-refractivity contribution in [3.63, 3.8) is 0 Å². The lowest BCUT2D eigenvalue weighted by atomic mass is 10.0. The number of hydrogen-bond donors (Lipinski definition) is 1. The minimum absolute atomic E-state index is 0. The molecular weight excluding hydrogens is 394 g/mol. The van der Waals surface area contributed by atoms with Crippen LogP contribution in [0.4, 0.5) is 5.69 Å². The van der Waals surface area contributed by atoms with Crippen LogP contribution < -0.4 is 5.01 Å². The fourth-order valence-corrected chi connectivity index (χ4v) is 3.09. The second-order valence-electron chi connectivity index (χ2n) is 5.06. The van der Waals surface area contributed by atoms with E-state index in [1.165, 1.54) is 0 Å². The van der Waals surface area contributed by atoms with Crippen LogP contribution in [0.25, 0.3) is 0 Å². The van der Waals surface area contributed by atoms with Gasteiger partial charge in [-0.3, -0.25) is 5.01 Å². The van der Waals surface area contributed by atoms with Gasteiger partial charge >= 0.3 is 5.97 Å². The van der Waals surface area contributed by atoms with Crippen LogP contribution >= 0.6 is 47.2 Å². The maximum Gasteiger partial charge on any atom is 0.352 e. The molecule has 3 rings (SSSR count). The molecule has 1 N–H and O–H groups in total. The predicted molar refractivity (Wildman–Crippen MR) is 100 cm³/mol. The summed E-state index contributed by atoms with van der Waals surface area (Å²) in [6.07, 6.45) is 0.274. The van der Waals surface area contributed by atoms with Crippen molar-refractivity contribution in [2.45, 2.75) is 12.5 Å². The molecule has 1 unspecified atom stereocenters. The topological polar surface area (TPSA) is 52.9 Å². The number of rotatable bonds is 3. The Bertz CT molecular complexity index is 793. The zero-order valence-electron chi connectivity index (χ0n) is 12.1. The molecule has 1 aliphatic rings. The van der Waals surface area contributed by atoms with Crippen LogP contribution in [0.3, 0.4) is 0 Å². The number of carbonyl (C=O) groups is 1. The van der Waals surface area contributed by atoms with Crippen molar-refractivity contribution < 1.29 is 9.90 Å². The summed E-state index contributed by atoms with van der Waals surface area (Å²) in [6.45, 7) is 0. The van der Waals surface area contributed by atoms with E-state index in [9.17, 15) is 9.90 Å². The summed E-state index contributed by atoms with van der Waals surface area (Å²) in [6, 6.07) is 12.0. The molecule has 0 aromatic heterocycles. The standard InChI is InChI=1S/C16H11Cl3N2O2.ClH/c17-10-3-1-9(2-4-10)15-8-13(16(22)23)20-21(15)14-6-5-11(18)7-12(14)19;/h1-7,15H,8H2,(H,22,23);1H. The molecule has 2 aromatic carbocycles. The van der Waals surface area contributed by atoms with Crippen LogP contribution in [0.2, 0.25) is 15.1 Å². The normalized spacial score (nSPS) is 16.5. The Hall–Kier alpha value is -1.46. The molecule has 0 amide bonds. The lowest BCUT2D eigenvalue weighted by Gasteiger charge is -2.25. The summed E-state index contributed by atoms with van der Waals surface area (Å²) in [5, 5.41) is 16.6. The molecule has 1 aliphatic heterocycles. The van der Waals surface area contributed by atoms with E-state index >= 15 is 0 Å². The van der Waals surface area contributed by atoms with E-state index in [4.69, 9.17) is 34.8 Å². The maximum atomic E-state index is 11.3. The van der Waals surface area contributed by atoms with E-state index in [-0.39, 0.29) is 30.6 Å². The Morgan fingerprint density at radius 3 is 2.29 bits per heavy atom. The van der Waals surface area contributed by atoms with Gasteiger partial charge in [0.25, 0.3) is 0 Å². The molecule has 1 heterocycles. The lowest BCUT2D eigenvalue weighted by Crippen LogP contribution is -2.19. The molecule has 1 atom stereocenters. The first-order valence-electron chi connectivity index (χ1n) is 6.76. The summed E-state index contributed by atoms with van der Waals surface area (Å²) in [7, 11) is 0. The van der Waals surface area contributed by atoms with Crippen molar-refractivity contribution in [1.82, 2.24) is 0 Å². The van der Waals surface area contributed by atoms with Crippen LogP contribution in [-0.2, 0) is 4.79 Å². The van der Waals surface area contributed by atoms with Gasteiger partial charge in [-0.15, -0.1) is 12.4 Å². The predicted octanol–water partition coefficient (Wildman–Crippen LogP) is 5.46. The Balaban J connectivity index is 0.00000208. The molecular formula is C16H12Cl4N2O2. The monoisotopic (exact) mass is 404 g/mol. The second-order valence-corrected chi connectivity index (χ2v) is 6.34. The van der Waals surface area contributed by atoms with Gasteiger partial charge in [0.05, 0.1) is 16.8 Å². The molecule has 8 heteroatoms. The Morgan fingerprint density at radius 1 is 1.08 bits per heavy atom. The van der Waals surface area contributed by atoms with Crippen LogP contribution in [-0.4, -0.2) is 16.8 Å². The Morgan fingerprint density at radius 2 is 1.71 bits per heavy atom. The van der Waals surface area contributed by atoms with Crippen LogP contribution in [0.1, 0.15) is 18.0 Å². The average molecular weight is 406 g/mol. The van der Waals surface area contributed by atoms with Gasteiger partial charge in [0.2, 0.25) is 0 Å². The van der Waals surface area contributed by atoms with E-state index in [0.29, 0.717) is 20.8 Å². The summed E-state index contributed by atoms with van der Waals surface area (Å²) in [4.78, 5) is 11.3. The van der Waals surface area contributed by atoms with Crippen molar-refractivity contribution in [3.8, 4) is 0 Å². The molecule has 0 aliphatic carbocycles. The summed E-state index contributed by atoms with van der Waals surface area (Å²) in [5.74, 6) is -1.04. The van der Waals surface area contributed by atoms with Crippen molar-refractivity contribution in [3.05, 3.63) is 63.1 Å². The zero-order valence-corrected chi connectivity index (χ0v) is 15.2. The third-order valence-electron chi connectivity index (χ3n) is 3.57. The number of carboxylic acids is 1. The largest absolute Gasteiger partial charge is 0.477 e. The molecule has 24 heavy (non-hydrogen) atoms. The van der Waals surface area contributed by atoms with Gasteiger partial charge in [-0.1, -0.05) is 46.9 Å². The maximum absolute atomic E-state index is 11.3. The number of hydrogen-bond acceptors (Lipinski definition) is 3. The van der Waals surface area contributed by atoms with Gasteiger partial charge in [-0.05, 0) is 35.9 Å². The smallest absolute Gasteiger partial charge is 0.352 e. The molecule has 0 saturated carbocycles. The Kier molecular flexibility index (Phi) is 5.99. The van der Waals surface area contributed by atoms with Gasteiger partial charge in [0, 0.05) is 16.5 Å². The fourth-order valence-electron chi connectivity index (χ4n) is 2.47. The molecule has 4 nitrogen and oxygen atoms in total. The van der Waals surface area contributed by atoms with Gasteiger partial charge in [-0.25, -0.2) is 4.79 Å². The summed E-state index contributed by atoms with van der Waals surface area (Å²) < 4.78 is 0. The molecule has 0 saturated heterocycles. The highest BCUT2D eigenvalue weighted by atomic mass is 35.5. The van der Waals surface area contributed by atoms with Crippen molar-refractivity contribution in [2.75, 3.05) is 5.01 Å². The molecule has 0 fully saturated rings. The van der Waals surface area contributed by atoms with Gasteiger partial charge < -0.3 is 5.11 Å². The van der Waals surface area contributed by atoms with E-state index in [2.05, 4.69) is 5.10 Å². The van der Waals surface area contributed by atoms with E-state index in [0.717, 1.165) is 5.56 Å². The summed E-state index contributed by atoms with van der Waals surface area (Å²) in [5.41, 5.74) is 1.59. The SMILES string of the molecule is Cl.O=C(O)C1=NN(c2ccc(Cl)cc2Cl)C(c2ccc(Cl)cc2)C1. The van der Waals surface area contributed by atoms with Crippen LogP contribution in [0, 0.1) is 0 Å². The number of aliphatic carboxylic acids is 1. The zero-order chi connectivity index (χ0) is 16.6. The van der Waals surface area contributed by atoms with Crippen molar-refractivity contribution in [2.24, 2.45) is 5.10 Å². The Labute approximate surface area is 160 Å². The highest BCUT2D eigenvalue weighted by molar-refractivity contribution is 6.38. The number of halogens is 4. The average Bonchev–Trinajstić information content (AvgIpc) is 2.93.